The first-order chi connectivity index (χ1) is 3.31. The number of nitrogens with one attached hydrogen (secondary N) is 1. The van der Waals surface area contributed by atoms with E-state index in [4.69, 9.17) is 11.6 Å². The molecule has 0 saturated carbocycles. The van der Waals surface area contributed by atoms with Crippen molar-refractivity contribution in [2.24, 2.45) is 4.99 Å². The van der Waals surface area contributed by atoms with Gasteiger partial charge in [-0.1, -0.05) is 0 Å². The maximum absolute atomic E-state index is 5.40. The Kier molecular flexibility index (Phi) is 3.80. The predicted molar refractivity (Wildman–Crippen MR) is 32.9 cm³/mol. The SMILES string of the molecule is CC/N=C(/Cl)NC. The van der Waals surface area contributed by atoms with Crippen molar-refractivity contribution in [3.8, 4) is 0 Å². The molecule has 0 aromatic rings. The molecule has 0 aliphatic rings. The number of halogens is 1. The van der Waals surface area contributed by atoms with E-state index in [9.17, 15) is 0 Å². The average molecular weight is 121 g/mol. The molecule has 0 spiro atoms. The highest BCUT2D eigenvalue weighted by Gasteiger charge is 1.79. The molecule has 0 bridgehead atoms. The van der Waals surface area contributed by atoms with E-state index in [2.05, 4.69) is 10.3 Å². The van der Waals surface area contributed by atoms with Crippen molar-refractivity contribution in [1.29, 1.82) is 0 Å². The molecule has 0 aromatic carbocycles. The minimum atomic E-state index is 0.475. The van der Waals surface area contributed by atoms with Gasteiger partial charge < -0.3 is 5.32 Å². The van der Waals surface area contributed by atoms with Crippen LogP contribution in [0.2, 0.25) is 0 Å². The van der Waals surface area contributed by atoms with E-state index in [-0.39, 0.29) is 0 Å². The lowest BCUT2D eigenvalue weighted by atomic mass is 10.8. The van der Waals surface area contributed by atoms with Gasteiger partial charge in [0, 0.05) is 13.6 Å². The second-order valence-corrected chi connectivity index (χ2v) is 1.37. The van der Waals surface area contributed by atoms with Crippen LogP contribution in [0.25, 0.3) is 0 Å². The summed E-state index contributed by atoms with van der Waals surface area (Å²) in [6, 6.07) is 0. The minimum absolute atomic E-state index is 0.475. The first kappa shape index (κ1) is 6.76. The van der Waals surface area contributed by atoms with Gasteiger partial charge in [0.25, 0.3) is 0 Å². The molecular formula is C4H9ClN2. The summed E-state index contributed by atoms with van der Waals surface area (Å²) < 4.78 is 0. The van der Waals surface area contributed by atoms with Crippen molar-refractivity contribution in [3.05, 3.63) is 0 Å². The van der Waals surface area contributed by atoms with Crippen LogP contribution in [0, 0.1) is 0 Å². The second-order valence-electron chi connectivity index (χ2n) is 1.02. The molecule has 3 heteroatoms. The average Bonchev–Trinajstić information content (AvgIpc) is 1.68. The van der Waals surface area contributed by atoms with E-state index in [1.54, 1.807) is 7.05 Å². The molecule has 0 aliphatic carbocycles. The first-order valence-corrected chi connectivity index (χ1v) is 2.56. The summed E-state index contributed by atoms with van der Waals surface area (Å²) in [5.74, 6) is 0. The van der Waals surface area contributed by atoms with Gasteiger partial charge in [-0.25, -0.2) is 0 Å². The fourth-order valence-electron chi connectivity index (χ4n) is 0.218. The highest BCUT2D eigenvalue weighted by Crippen LogP contribution is 1.77. The largest absolute Gasteiger partial charge is 0.364 e. The topological polar surface area (TPSA) is 24.4 Å². The fourth-order valence-corrected chi connectivity index (χ4v) is 0.337. The van der Waals surface area contributed by atoms with E-state index in [0.29, 0.717) is 5.29 Å². The highest BCUT2D eigenvalue weighted by molar-refractivity contribution is 6.64. The van der Waals surface area contributed by atoms with Crippen molar-refractivity contribution >= 4 is 16.9 Å². The molecular weight excluding hydrogens is 112 g/mol. The van der Waals surface area contributed by atoms with Gasteiger partial charge in [0.15, 0.2) is 5.29 Å². The molecule has 1 N–H and O–H groups in total. The number of amidine groups is 1. The van der Waals surface area contributed by atoms with E-state index in [1.165, 1.54) is 0 Å². The Bertz CT molecular complexity index is 70.1. The molecule has 0 amide bonds. The van der Waals surface area contributed by atoms with Crippen molar-refractivity contribution in [1.82, 2.24) is 5.32 Å². The number of rotatable bonds is 1. The van der Waals surface area contributed by atoms with Crippen LogP contribution in [0.3, 0.4) is 0 Å². The van der Waals surface area contributed by atoms with Gasteiger partial charge in [-0.3, -0.25) is 4.99 Å². The van der Waals surface area contributed by atoms with Crippen LogP contribution in [0.15, 0.2) is 4.99 Å². The monoisotopic (exact) mass is 120 g/mol. The van der Waals surface area contributed by atoms with Gasteiger partial charge in [0.05, 0.1) is 0 Å². The Morgan fingerprint density at radius 2 is 2.43 bits per heavy atom. The number of hydrogen-bond donors (Lipinski definition) is 1. The quantitative estimate of drug-likeness (QED) is 0.309. The molecule has 0 atom stereocenters. The van der Waals surface area contributed by atoms with E-state index in [1.807, 2.05) is 6.92 Å². The van der Waals surface area contributed by atoms with Crippen molar-refractivity contribution in [2.75, 3.05) is 13.6 Å². The van der Waals surface area contributed by atoms with Crippen molar-refractivity contribution in [2.45, 2.75) is 6.92 Å². The van der Waals surface area contributed by atoms with Crippen LogP contribution >= 0.6 is 11.6 Å². The third-order valence-corrected chi connectivity index (χ3v) is 0.812. The summed E-state index contributed by atoms with van der Waals surface area (Å²) in [6.45, 7) is 2.67. The summed E-state index contributed by atoms with van der Waals surface area (Å²) in [7, 11) is 1.74. The third kappa shape index (κ3) is 3.59. The van der Waals surface area contributed by atoms with Crippen molar-refractivity contribution < 1.29 is 0 Å². The number of nitrogens with zero attached hydrogens (tertiary/aromatic N) is 1. The predicted octanol–water partition coefficient (Wildman–Crippen LogP) is 0.821. The normalized spacial score (nSPS) is 11.6. The molecule has 0 rings (SSSR count). The number of aliphatic imine (C=N–C) groups is 1. The van der Waals surface area contributed by atoms with Gasteiger partial charge in [0.1, 0.15) is 0 Å². The fraction of sp³-hybridized carbons (Fsp3) is 0.750. The Morgan fingerprint density at radius 1 is 1.86 bits per heavy atom. The summed E-state index contributed by atoms with van der Waals surface area (Å²) in [6.07, 6.45) is 0. The standard InChI is InChI=1S/C4H9ClN2/c1-3-7-4(5)6-2/h3H2,1-2H3,(H,6,7). The van der Waals surface area contributed by atoms with Crippen LogP contribution in [0.5, 0.6) is 0 Å². The summed E-state index contributed by atoms with van der Waals surface area (Å²) in [5.41, 5.74) is 0. The first-order valence-electron chi connectivity index (χ1n) is 2.19. The van der Waals surface area contributed by atoms with Gasteiger partial charge in [-0.2, -0.15) is 0 Å². The zero-order chi connectivity index (χ0) is 5.70. The Hall–Kier alpha value is -0.240. The summed E-state index contributed by atoms with van der Waals surface area (Å²) >= 11 is 5.40. The zero-order valence-corrected chi connectivity index (χ0v) is 5.29. The lowest BCUT2D eigenvalue weighted by Gasteiger charge is -1.89. The molecule has 0 radical (unpaired) electrons. The van der Waals surface area contributed by atoms with Crippen LogP contribution < -0.4 is 5.32 Å². The molecule has 0 unspecified atom stereocenters. The van der Waals surface area contributed by atoms with Gasteiger partial charge in [-0.15, -0.1) is 0 Å². The number of hydrogen-bond acceptors (Lipinski definition) is 1. The third-order valence-electron chi connectivity index (χ3n) is 0.503. The van der Waals surface area contributed by atoms with Crippen molar-refractivity contribution in [3.63, 3.8) is 0 Å². The van der Waals surface area contributed by atoms with Gasteiger partial charge in [0.2, 0.25) is 0 Å². The molecule has 0 fully saturated rings. The zero-order valence-electron chi connectivity index (χ0n) is 4.53. The van der Waals surface area contributed by atoms with E-state index < -0.39 is 0 Å². The highest BCUT2D eigenvalue weighted by atomic mass is 35.5. The summed E-state index contributed by atoms with van der Waals surface area (Å²) in [4.78, 5) is 3.81. The maximum atomic E-state index is 5.40. The lowest BCUT2D eigenvalue weighted by Crippen LogP contribution is -2.10. The van der Waals surface area contributed by atoms with Crippen LogP contribution in [-0.2, 0) is 0 Å². The second kappa shape index (κ2) is 3.93. The smallest absolute Gasteiger partial charge is 0.190 e. The van der Waals surface area contributed by atoms with E-state index >= 15 is 0 Å². The molecule has 0 aromatic heterocycles. The molecule has 0 saturated heterocycles. The Labute approximate surface area is 48.6 Å². The Balaban J connectivity index is 3.29. The Morgan fingerprint density at radius 3 is 2.57 bits per heavy atom. The van der Waals surface area contributed by atoms with E-state index in [0.717, 1.165) is 6.54 Å². The van der Waals surface area contributed by atoms with Gasteiger partial charge in [-0.05, 0) is 18.5 Å². The minimum Gasteiger partial charge on any atom is -0.364 e. The molecule has 7 heavy (non-hydrogen) atoms. The molecule has 42 valence electrons. The van der Waals surface area contributed by atoms with Gasteiger partial charge >= 0.3 is 0 Å². The van der Waals surface area contributed by atoms with Crippen LogP contribution in [0.1, 0.15) is 6.92 Å². The molecule has 2 nitrogen and oxygen atoms in total. The van der Waals surface area contributed by atoms with Crippen LogP contribution in [-0.4, -0.2) is 18.9 Å². The molecule has 0 aliphatic heterocycles. The maximum Gasteiger partial charge on any atom is 0.190 e. The summed E-state index contributed by atoms with van der Waals surface area (Å²) in [5, 5.41) is 3.16. The van der Waals surface area contributed by atoms with Crippen LogP contribution in [0.4, 0.5) is 0 Å². The molecule has 0 heterocycles. The lowest BCUT2D eigenvalue weighted by molar-refractivity contribution is 1.09.